The van der Waals surface area contributed by atoms with E-state index in [-0.39, 0.29) is 24.0 Å². The van der Waals surface area contributed by atoms with Gasteiger partial charge >= 0.3 is 0 Å². The molecule has 0 spiro atoms. The minimum atomic E-state index is -0.0612. The summed E-state index contributed by atoms with van der Waals surface area (Å²) in [5.74, 6) is -0.00880. The first-order chi connectivity index (χ1) is 12.5. The van der Waals surface area contributed by atoms with Crippen molar-refractivity contribution in [1.29, 1.82) is 0 Å². The van der Waals surface area contributed by atoms with Crippen LogP contribution < -0.4 is 5.32 Å². The number of likely N-dealkylation sites (tertiary alicyclic amines) is 1. The highest BCUT2D eigenvalue weighted by Gasteiger charge is 2.24. The zero-order chi connectivity index (χ0) is 18.5. The maximum Gasteiger partial charge on any atom is 0.253 e. The van der Waals surface area contributed by atoms with Gasteiger partial charge in [-0.2, -0.15) is 0 Å². The van der Waals surface area contributed by atoms with Crippen molar-refractivity contribution in [2.24, 2.45) is 0 Å². The molecule has 2 aliphatic heterocycles. The quantitative estimate of drug-likeness (QED) is 0.896. The zero-order valence-corrected chi connectivity index (χ0v) is 15.7. The lowest BCUT2D eigenvalue weighted by Crippen LogP contribution is -2.48. The van der Waals surface area contributed by atoms with Crippen LogP contribution in [0.5, 0.6) is 0 Å². The summed E-state index contributed by atoms with van der Waals surface area (Å²) < 4.78 is 5.70. The van der Waals surface area contributed by atoms with Crippen LogP contribution in [-0.2, 0) is 9.53 Å². The third kappa shape index (κ3) is 5.05. The summed E-state index contributed by atoms with van der Waals surface area (Å²) >= 11 is 0. The van der Waals surface area contributed by atoms with Crippen LogP contribution in [0.4, 0.5) is 5.69 Å². The molecule has 3 rings (SSSR count). The van der Waals surface area contributed by atoms with Gasteiger partial charge in [0.05, 0.1) is 18.8 Å². The van der Waals surface area contributed by atoms with E-state index < -0.39 is 0 Å². The first kappa shape index (κ1) is 18.9. The van der Waals surface area contributed by atoms with Gasteiger partial charge < -0.3 is 15.0 Å². The number of carbonyl (C=O) groups excluding carboxylic acids is 2. The van der Waals surface area contributed by atoms with E-state index in [1.807, 2.05) is 36.9 Å². The predicted molar refractivity (Wildman–Crippen MR) is 101 cm³/mol. The summed E-state index contributed by atoms with van der Waals surface area (Å²) in [4.78, 5) is 29.0. The third-order valence-electron chi connectivity index (χ3n) is 4.90. The lowest BCUT2D eigenvalue weighted by Gasteiger charge is -2.34. The van der Waals surface area contributed by atoms with E-state index in [1.54, 1.807) is 6.07 Å². The van der Waals surface area contributed by atoms with Gasteiger partial charge in [-0.05, 0) is 51.3 Å². The molecule has 1 aromatic carbocycles. The lowest BCUT2D eigenvalue weighted by molar-refractivity contribution is -0.121. The van der Waals surface area contributed by atoms with Crippen LogP contribution in [0.3, 0.4) is 0 Å². The molecule has 0 bridgehead atoms. The molecule has 6 heteroatoms. The van der Waals surface area contributed by atoms with Crippen LogP contribution in [0.25, 0.3) is 0 Å². The molecule has 0 aromatic heterocycles. The Morgan fingerprint density at radius 2 is 1.81 bits per heavy atom. The third-order valence-corrected chi connectivity index (χ3v) is 4.90. The van der Waals surface area contributed by atoms with Gasteiger partial charge in [0.15, 0.2) is 0 Å². The van der Waals surface area contributed by atoms with E-state index in [9.17, 15) is 9.59 Å². The molecule has 0 radical (unpaired) electrons. The average Bonchev–Trinajstić information content (AvgIpc) is 2.61. The highest BCUT2D eigenvalue weighted by Crippen LogP contribution is 2.17. The molecule has 0 saturated carbocycles. The number of carbonyl (C=O) groups is 2. The maximum atomic E-state index is 12.6. The monoisotopic (exact) mass is 359 g/mol. The van der Waals surface area contributed by atoms with Crippen molar-refractivity contribution in [3.8, 4) is 0 Å². The number of hydrogen-bond donors (Lipinski definition) is 1. The molecule has 1 N–H and O–H groups in total. The van der Waals surface area contributed by atoms with Crippen molar-refractivity contribution in [2.45, 2.75) is 45.3 Å². The first-order valence-electron chi connectivity index (χ1n) is 9.58. The summed E-state index contributed by atoms with van der Waals surface area (Å²) in [6.07, 6.45) is 3.60. The number of rotatable bonds is 4. The molecule has 2 fully saturated rings. The summed E-state index contributed by atoms with van der Waals surface area (Å²) in [6.45, 7) is 7.54. The summed E-state index contributed by atoms with van der Waals surface area (Å²) in [5, 5.41) is 2.92. The second-order valence-electron chi connectivity index (χ2n) is 7.43. The van der Waals surface area contributed by atoms with Gasteiger partial charge in [0.1, 0.15) is 0 Å². The van der Waals surface area contributed by atoms with Crippen LogP contribution in [0.2, 0.25) is 0 Å². The summed E-state index contributed by atoms with van der Waals surface area (Å²) in [6, 6.07) is 7.25. The number of ether oxygens (including phenoxy) is 1. The number of benzene rings is 1. The number of anilines is 1. The molecular weight excluding hydrogens is 330 g/mol. The smallest absolute Gasteiger partial charge is 0.253 e. The topological polar surface area (TPSA) is 61.9 Å². The molecule has 2 amide bonds. The molecule has 2 atom stereocenters. The van der Waals surface area contributed by atoms with Gasteiger partial charge in [0.25, 0.3) is 5.91 Å². The molecule has 6 nitrogen and oxygen atoms in total. The van der Waals surface area contributed by atoms with Crippen LogP contribution >= 0.6 is 0 Å². The fourth-order valence-electron chi connectivity index (χ4n) is 3.83. The van der Waals surface area contributed by atoms with Crippen LogP contribution in [0.1, 0.15) is 43.5 Å². The van der Waals surface area contributed by atoms with E-state index in [4.69, 9.17) is 4.74 Å². The minimum absolute atomic E-state index is 0.0524. The number of piperidine rings is 1. The van der Waals surface area contributed by atoms with Crippen molar-refractivity contribution < 1.29 is 14.3 Å². The van der Waals surface area contributed by atoms with E-state index >= 15 is 0 Å². The zero-order valence-electron chi connectivity index (χ0n) is 15.7. The average molecular weight is 359 g/mol. The van der Waals surface area contributed by atoms with Crippen molar-refractivity contribution in [3.63, 3.8) is 0 Å². The predicted octanol–water partition coefficient (Wildman–Crippen LogP) is 2.36. The Kier molecular flexibility index (Phi) is 6.27. The van der Waals surface area contributed by atoms with Gasteiger partial charge in [0, 0.05) is 37.4 Å². The Labute approximate surface area is 155 Å². The van der Waals surface area contributed by atoms with Gasteiger partial charge in [-0.15, -0.1) is 0 Å². The summed E-state index contributed by atoms with van der Waals surface area (Å²) in [5.41, 5.74) is 1.31. The van der Waals surface area contributed by atoms with E-state index in [0.717, 1.165) is 39.0 Å². The summed E-state index contributed by atoms with van der Waals surface area (Å²) in [7, 11) is 0. The number of nitrogens with zero attached hydrogens (tertiary/aromatic N) is 2. The van der Waals surface area contributed by atoms with E-state index in [0.29, 0.717) is 17.8 Å². The molecule has 2 unspecified atom stereocenters. The largest absolute Gasteiger partial charge is 0.373 e. The number of morpholine rings is 1. The second-order valence-corrected chi connectivity index (χ2v) is 7.43. The minimum Gasteiger partial charge on any atom is -0.373 e. The standard InChI is InChI=1S/C20H29N3O3/c1-15-12-22(13-16(2)26-15)14-19(24)21-18-8-6-7-17(11-18)20(25)23-9-4-3-5-10-23/h6-8,11,15-16H,3-5,9-10,12-14H2,1-2H3,(H,21,24). The molecule has 142 valence electrons. The fourth-order valence-corrected chi connectivity index (χ4v) is 3.83. The molecule has 2 heterocycles. The van der Waals surface area contributed by atoms with Crippen molar-refractivity contribution >= 4 is 17.5 Å². The number of amides is 2. The molecule has 26 heavy (non-hydrogen) atoms. The second kappa shape index (κ2) is 8.64. The van der Waals surface area contributed by atoms with Crippen molar-refractivity contribution in [3.05, 3.63) is 29.8 Å². The molecule has 0 aliphatic carbocycles. The Morgan fingerprint density at radius 3 is 2.50 bits per heavy atom. The van der Waals surface area contributed by atoms with Crippen molar-refractivity contribution in [1.82, 2.24) is 9.80 Å². The normalized spacial score (nSPS) is 24.3. The molecule has 2 aliphatic rings. The Hall–Kier alpha value is -1.92. The Balaban J connectivity index is 1.57. The SMILES string of the molecule is CC1CN(CC(=O)Nc2cccc(C(=O)N3CCCCC3)c2)CC(C)O1. The molecular formula is C20H29N3O3. The van der Waals surface area contributed by atoms with E-state index in [2.05, 4.69) is 10.2 Å². The van der Waals surface area contributed by atoms with Crippen LogP contribution in [0, 0.1) is 0 Å². The number of nitrogens with one attached hydrogen (secondary N) is 1. The van der Waals surface area contributed by atoms with Crippen LogP contribution in [-0.4, -0.2) is 66.5 Å². The van der Waals surface area contributed by atoms with Gasteiger partial charge in [-0.3, -0.25) is 14.5 Å². The van der Waals surface area contributed by atoms with Gasteiger partial charge in [-0.25, -0.2) is 0 Å². The first-order valence-corrected chi connectivity index (χ1v) is 9.58. The van der Waals surface area contributed by atoms with E-state index in [1.165, 1.54) is 6.42 Å². The Morgan fingerprint density at radius 1 is 1.12 bits per heavy atom. The highest BCUT2D eigenvalue weighted by molar-refractivity contribution is 5.97. The Bertz CT molecular complexity index is 633. The highest BCUT2D eigenvalue weighted by atomic mass is 16.5. The number of hydrogen-bond acceptors (Lipinski definition) is 4. The van der Waals surface area contributed by atoms with Crippen molar-refractivity contribution in [2.75, 3.05) is 38.0 Å². The molecule has 1 aromatic rings. The lowest BCUT2D eigenvalue weighted by atomic mass is 10.1. The van der Waals surface area contributed by atoms with Crippen LogP contribution in [0.15, 0.2) is 24.3 Å². The fraction of sp³-hybridized carbons (Fsp3) is 0.600. The van der Waals surface area contributed by atoms with Gasteiger partial charge in [-0.1, -0.05) is 6.07 Å². The van der Waals surface area contributed by atoms with Gasteiger partial charge in [0.2, 0.25) is 5.91 Å². The molecule has 2 saturated heterocycles. The maximum absolute atomic E-state index is 12.6.